The molecule has 0 saturated carbocycles. The minimum absolute atomic E-state index is 0.0198. The summed E-state index contributed by atoms with van der Waals surface area (Å²) in [5, 5.41) is 0.674. The van der Waals surface area contributed by atoms with Crippen LogP contribution in [0.2, 0.25) is 5.02 Å². The highest BCUT2D eigenvalue weighted by Gasteiger charge is 2.18. The van der Waals surface area contributed by atoms with E-state index in [0.717, 1.165) is 11.1 Å². The van der Waals surface area contributed by atoms with E-state index in [2.05, 4.69) is 6.58 Å². The van der Waals surface area contributed by atoms with Gasteiger partial charge in [0.25, 0.3) is 0 Å². The first-order chi connectivity index (χ1) is 9.45. The zero-order valence-electron chi connectivity index (χ0n) is 12.4. The molecule has 1 atom stereocenters. The monoisotopic (exact) mass is 295 g/mol. The summed E-state index contributed by atoms with van der Waals surface area (Å²) < 4.78 is 5.53. The third-order valence-electron chi connectivity index (χ3n) is 3.07. The van der Waals surface area contributed by atoms with E-state index in [1.165, 1.54) is 0 Å². The van der Waals surface area contributed by atoms with Crippen LogP contribution < -0.4 is 0 Å². The molecule has 0 N–H and O–H groups in total. The van der Waals surface area contributed by atoms with Crippen LogP contribution in [0.1, 0.15) is 25.8 Å². The molecule has 4 heteroatoms. The number of hydrogen-bond acceptors (Lipinski definition) is 2. The molecule has 20 heavy (non-hydrogen) atoms. The molecule has 0 saturated heterocycles. The highest BCUT2D eigenvalue weighted by Crippen LogP contribution is 2.17. The summed E-state index contributed by atoms with van der Waals surface area (Å²) in [6.45, 7) is 8.72. The van der Waals surface area contributed by atoms with Crippen LogP contribution in [-0.4, -0.2) is 30.6 Å². The van der Waals surface area contributed by atoms with Crippen LogP contribution in [0.3, 0.4) is 0 Å². The van der Waals surface area contributed by atoms with E-state index in [-0.39, 0.29) is 12.0 Å². The zero-order valence-corrected chi connectivity index (χ0v) is 13.1. The standard InChI is InChI=1S/C16H22ClNO2/c1-5-20-15(12(2)3)10-16(19)18(4)11-13-8-6-7-9-14(13)17/h6-9,15H,2,5,10-11H2,1,3-4H3. The molecular weight excluding hydrogens is 274 g/mol. The Kier molecular flexibility index (Phi) is 6.76. The summed E-state index contributed by atoms with van der Waals surface area (Å²) in [7, 11) is 1.77. The maximum atomic E-state index is 12.2. The molecule has 0 radical (unpaired) electrons. The van der Waals surface area contributed by atoms with Crippen LogP contribution in [-0.2, 0) is 16.1 Å². The third-order valence-corrected chi connectivity index (χ3v) is 3.44. The minimum Gasteiger partial charge on any atom is -0.374 e. The van der Waals surface area contributed by atoms with Gasteiger partial charge in [-0.15, -0.1) is 0 Å². The number of carbonyl (C=O) groups is 1. The molecule has 0 spiro atoms. The number of amides is 1. The van der Waals surface area contributed by atoms with E-state index >= 15 is 0 Å². The molecule has 1 aromatic carbocycles. The summed E-state index contributed by atoms with van der Waals surface area (Å²) in [6, 6.07) is 7.53. The van der Waals surface area contributed by atoms with Crippen molar-refractivity contribution >= 4 is 17.5 Å². The molecule has 0 aromatic heterocycles. The van der Waals surface area contributed by atoms with E-state index in [4.69, 9.17) is 16.3 Å². The van der Waals surface area contributed by atoms with Crippen molar-refractivity contribution in [2.75, 3.05) is 13.7 Å². The van der Waals surface area contributed by atoms with Gasteiger partial charge in [0.15, 0.2) is 0 Å². The maximum absolute atomic E-state index is 12.2. The first-order valence-corrected chi connectivity index (χ1v) is 7.07. The molecule has 0 aliphatic carbocycles. The summed E-state index contributed by atoms with van der Waals surface area (Å²) >= 11 is 6.10. The molecule has 110 valence electrons. The number of rotatable bonds is 7. The SMILES string of the molecule is C=C(C)C(CC(=O)N(C)Cc1ccccc1Cl)OCC. The third kappa shape index (κ3) is 4.99. The van der Waals surface area contributed by atoms with E-state index in [0.29, 0.717) is 24.6 Å². The molecule has 1 rings (SSSR count). The smallest absolute Gasteiger partial charge is 0.225 e. The van der Waals surface area contributed by atoms with Crippen molar-refractivity contribution in [2.24, 2.45) is 0 Å². The number of benzene rings is 1. The zero-order chi connectivity index (χ0) is 15.1. The lowest BCUT2D eigenvalue weighted by molar-refractivity contribution is -0.132. The predicted molar refractivity (Wildman–Crippen MR) is 82.8 cm³/mol. The minimum atomic E-state index is -0.221. The van der Waals surface area contributed by atoms with Crippen molar-refractivity contribution in [2.45, 2.75) is 32.9 Å². The fourth-order valence-electron chi connectivity index (χ4n) is 1.86. The van der Waals surface area contributed by atoms with Gasteiger partial charge in [0.05, 0.1) is 12.5 Å². The van der Waals surface area contributed by atoms with Crippen LogP contribution in [0.15, 0.2) is 36.4 Å². The Hall–Kier alpha value is -1.32. The number of halogens is 1. The second-order valence-electron chi connectivity index (χ2n) is 4.84. The maximum Gasteiger partial charge on any atom is 0.225 e. The van der Waals surface area contributed by atoms with Gasteiger partial charge in [-0.3, -0.25) is 4.79 Å². The molecular formula is C16H22ClNO2. The number of hydrogen-bond donors (Lipinski definition) is 0. The summed E-state index contributed by atoms with van der Waals surface area (Å²) in [5.74, 6) is 0.0198. The highest BCUT2D eigenvalue weighted by atomic mass is 35.5. The number of nitrogens with zero attached hydrogens (tertiary/aromatic N) is 1. The Bertz CT molecular complexity index is 473. The molecule has 3 nitrogen and oxygen atoms in total. The van der Waals surface area contributed by atoms with Crippen molar-refractivity contribution in [3.05, 3.63) is 47.0 Å². The van der Waals surface area contributed by atoms with Crippen LogP contribution in [0.5, 0.6) is 0 Å². The van der Waals surface area contributed by atoms with Gasteiger partial charge >= 0.3 is 0 Å². The molecule has 0 fully saturated rings. The van der Waals surface area contributed by atoms with Crippen LogP contribution in [0.25, 0.3) is 0 Å². The fourth-order valence-corrected chi connectivity index (χ4v) is 2.06. The molecule has 0 aliphatic rings. The Morgan fingerprint density at radius 3 is 2.65 bits per heavy atom. The molecule has 1 unspecified atom stereocenters. The topological polar surface area (TPSA) is 29.5 Å². The fraction of sp³-hybridized carbons (Fsp3) is 0.438. The second-order valence-corrected chi connectivity index (χ2v) is 5.24. The van der Waals surface area contributed by atoms with Crippen molar-refractivity contribution in [1.29, 1.82) is 0 Å². The first kappa shape index (κ1) is 16.7. The molecule has 0 bridgehead atoms. The van der Waals surface area contributed by atoms with Gasteiger partial charge in [-0.25, -0.2) is 0 Å². The van der Waals surface area contributed by atoms with Crippen molar-refractivity contribution in [3.63, 3.8) is 0 Å². The normalized spacial score (nSPS) is 12.0. The van der Waals surface area contributed by atoms with Crippen molar-refractivity contribution in [3.8, 4) is 0 Å². The lowest BCUT2D eigenvalue weighted by Gasteiger charge is -2.22. The summed E-state index contributed by atoms with van der Waals surface area (Å²) in [6.07, 6.45) is 0.0885. The van der Waals surface area contributed by atoms with Gasteiger partial charge in [0.2, 0.25) is 5.91 Å². The Balaban J connectivity index is 2.63. The summed E-state index contributed by atoms with van der Waals surface area (Å²) in [5.41, 5.74) is 1.81. The number of carbonyl (C=O) groups excluding carboxylic acids is 1. The largest absolute Gasteiger partial charge is 0.374 e. The Morgan fingerprint density at radius 1 is 1.45 bits per heavy atom. The van der Waals surface area contributed by atoms with E-state index in [1.807, 2.05) is 38.1 Å². The second kappa shape index (κ2) is 8.08. The molecule has 0 heterocycles. The van der Waals surface area contributed by atoms with E-state index in [9.17, 15) is 4.79 Å². The quantitative estimate of drug-likeness (QED) is 0.718. The predicted octanol–water partition coefficient (Wildman–Crippen LogP) is 3.67. The van der Waals surface area contributed by atoms with Gasteiger partial charge in [-0.2, -0.15) is 0 Å². The molecule has 1 amide bonds. The lowest BCUT2D eigenvalue weighted by Crippen LogP contribution is -2.31. The average Bonchev–Trinajstić information content (AvgIpc) is 2.40. The van der Waals surface area contributed by atoms with Gasteiger partial charge in [0, 0.05) is 25.2 Å². The lowest BCUT2D eigenvalue weighted by atomic mass is 10.1. The molecule has 0 aliphatic heterocycles. The highest BCUT2D eigenvalue weighted by molar-refractivity contribution is 6.31. The first-order valence-electron chi connectivity index (χ1n) is 6.70. The van der Waals surface area contributed by atoms with E-state index in [1.54, 1.807) is 11.9 Å². The molecule has 1 aromatic rings. The van der Waals surface area contributed by atoms with Crippen molar-refractivity contribution < 1.29 is 9.53 Å². The Morgan fingerprint density at radius 2 is 2.10 bits per heavy atom. The van der Waals surface area contributed by atoms with E-state index < -0.39 is 0 Å². The van der Waals surface area contributed by atoms with Gasteiger partial charge in [0.1, 0.15) is 0 Å². The van der Waals surface area contributed by atoms with Gasteiger partial charge in [-0.05, 0) is 25.5 Å². The Labute approximate surface area is 126 Å². The van der Waals surface area contributed by atoms with Crippen LogP contribution >= 0.6 is 11.6 Å². The van der Waals surface area contributed by atoms with Crippen LogP contribution in [0, 0.1) is 0 Å². The van der Waals surface area contributed by atoms with Gasteiger partial charge in [-0.1, -0.05) is 42.0 Å². The van der Waals surface area contributed by atoms with Crippen molar-refractivity contribution in [1.82, 2.24) is 4.90 Å². The average molecular weight is 296 g/mol. The van der Waals surface area contributed by atoms with Crippen LogP contribution in [0.4, 0.5) is 0 Å². The number of ether oxygens (including phenoxy) is 1. The summed E-state index contributed by atoms with van der Waals surface area (Å²) in [4.78, 5) is 13.9. The van der Waals surface area contributed by atoms with Gasteiger partial charge < -0.3 is 9.64 Å².